The molecule has 0 spiro atoms. The van der Waals surface area contributed by atoms with Crippen LogP contribution in [0, 0.1) is 17.8 Å². The van der Waals surface area contributed by atoms with Gasteiger partial charge in [-0.1, -0.05) is 5.92 Å². The summed E-state index contributed by atoms with van der Waals surface area (Å²) >= 11 is 0. The molecule has 0 saturated carbocycles. The van der Waals surface area contributed by atoms with Gasteiger partial charge in [-0.3, -0.25) is 9.59 Å². The molecule has 14 heavy (non-hydrogen) atoms. The number of likely N-dealkylation sites (tertiary alicyclic amines) is 1. The average molecular weight is 195 g/mol. The lowest BCUT2D eigenvalue weighted by atomic mass is 9.79. The fraction of sp³-hybridized carbons (Fsp3) is 0.600. The zero-order chi connectivity index (χ0) is 10.8. The van der Waals surface area contributed by atoms with Crippen molar-refractivity contribution in [1.29, 1.82) is 0 Å². The van der Waals surface area contributed by atoms with Crippen LogP contribution in [0.3, 0.4) is 0 Å². The number of hydrogen-bond donors (Lipinski definition) is 1. The summed E-state index contributed by atoms with van der Waals surface area (Å²) in [6.07, 6.45) is 5.92. The standard InChI is InChI=1S/C10H13NO3/c1-3-10(9(13)14)4-6-11(7-5-10)8(2)12/h1H,4-7H2,2H3,(H,13,14). The molecule has 0 aliphatic carbocycles. The van der Waals surface area contributed by atoms with Crippen molar-refractivity contribution < 1.29 is 14.7 Å². The number of nitrogens with zero attached hydrogens (tertiary/aromatic N) is 1. The minimum absolute atomic E-state index is 0.0268. The van der Waals surface area contributed by atoms with Crippen LogP contribution in [0.15, 0.2) is 0 Å². The molecule has 1 saturated heterocycles. The lowest BCUT2D eigenvalue weighted by Gasteiger charge is -2.35. The van der Waals surface area contributed by atoms with Gasteiger partial charge in [0.1, 0.15) is 5.41 Å². The lowest BCUT2D eigenvalue weighted by molar-refractivity contribution is -0.149. The van der Waals surface area contributed by atoms with Crippen molar-refractivity contribution in [2.45, 2.75) is 19.8 Å². The predicted octanol–water partition coefficient (Wildman–Crippen LogP) is 0.333. The summed E-state index contributed by atoms with van der Waals surface area (Å²) in [6.45, 7) is 2.35. The molecule has 0 unspecified atom stereocenters. The molecule has 4 heteroatoms. The third kappa shape index (κ3) is 1.72. The number of carbonyl (C=O) groups excluding carboxylic acids is 1. The Bertz CT molecular complexity index is 295. The smallest absolute Gasteiger partial charge is 0.321 e. The third-order valence-electron chi connectivity index (χ3n) is 2.75. The van der Waals surface area contributed by atoms with E-state index in [9.17, 15) is 9.59 Å². The van der Waals surface area contributed by atoms with Gasteiger partial charge in [0.15, 0.2) is 0 Å². The molecule has 0 atom stereocenters. The van der Waals surface area contributed by atoms with Crippen molar-refractivity contribution in [3.05, 3.63) is 0 Å². The molecule has 1 fully saturated rings. The molecule has 0 bridgehead atoms. The molecule has 1 aliphatic rings. The van der Waals surface area contributed by atoms with E-state index in [4.69, 9.17) is 11.5 Å². The highest BCUT2D eigenvalue weighted by Crippen LogP contribution is 2.30. The monoisotopic (exact) mass is 195 g/mol. The molecule has 1 N–H and O–H groups in total. The van der Waals surface area contributed by atoms with E-state index < -0.39 is 11.4 Å². The molecular formula is C10H13NO3. The van der Waals surface area contributed by atoms with E-state index in [1.165, 1.54) is 6.92 Å². The van der Waals surface area contributed by atoms with Crippen LogP contribution in [0.25, 0.3) is 0 Å². The second-order valence-corrected chi connectivity index (χ2v) is 3.54. The highest BCUT2D eigenvalue weighted by molar-refractivity contribution is 5.79. The van der Waals surface area contributed by atoms with Crippen LogP contribution in [0.4, 0.5) is 0 Å². The molecule has 4 nitrogen and oxygen atoms in total. The Morgan fingerprint density at radius 3 is 2.21 bits per heavy atom. The van der Waals surface area contributed by atoms with E-state index in [-0.39, 0.29) is 5.91 Å². The van der Waals surface area contributed by atoms with E-state index in [1.54, 1.807) is 4.90 Å². The number of hydrogen-bond acceptors (Lipinski definition) is 2. The van der Waals surface area contributed by atoms with Gasteiger partial charge in [0.25, 0.3) is 0 Å². The molecule has 0 aromatic heterocycles. The second kappa shape index (κ2) is 3.70. The van der Waals surface area contributed by atoms with Crippen LogP contribution in [-0.2, 0) is 9.59 Å². The van der Waals surface area contributed by atoms with E-state index >= 15 is 0 Å². The maximum absolute atomic E-state index is 11.0. The van der Waals surface area contributed by atoms with Crippen LogP contribution >= 0.6 is 0 Å². The average Bonchev–Trinajstić information content (AvgIpc) is 2.17. The lowest BCUT2D eigenvalue weighted by Crippen LogP contribution is -2.45. The largest absolute Gasteiger partial charge is 0.480 e. The summed E-state index contributed by atoms with van der Waals surface area (Å²) in [5.74, 6) is 1.36. The van der Waals surface area contributed by atoms with Crippen molar-refractivity contribution in [3.8, 4) is 12.3 Å². The molecule has 0 aromatic rings. The highest BCUT2D eigenvalue weighted by Gasteiger charge is 2.40. The maximum atomic E-state index is 11.0. The van der Waals surface area contributed by atoms with Crippen molar-refractivity contribution in [3.63, 3.8) is 0 Å². The summed E-state index contributed by atoms with van der Waals surface area (Å²) < 4.78 is 0. The normalized spacial score (nSPS) is 19.9. The fourth-order valence-electron chi connectivity index (χ4n) is 1.62. The number of aliphatic carboxylic acids is 1. The number of carbonyl (C=O) groups is 2. The molecule has 76 valence electrons. The summed E-state index contributed by atoms with van der Waals surface area (Å²) in [4.78, 5) is 23.6. The number of amides is 1. The first kappa shape index (κ1) is 10.6. The Balaban J connectivity index is 2.70. The molecule has 1 amide bonds. The number of carboxylic acids is 1. The van der Waals surface area contributed by atoms with Gasteiger partial charge in [-0.2, -0.15) is 0 Å². The quantitative estimate of drug-likeness (QED) is 0.613. The van der Waals surface area contributed by atoms with Gasteiger partial charge in [0.2, 0.25) is 5.91 Å². The van der Waals surface area contributed by atoms with Crippen molar-refractivity contribution >= 4 is 11.9 Å². The molecular weight excluding hydrogens is 182 g/mol. The van der Waals surface area contributed by atoms with Gasteiger partial charge in [-0.25, -0.2) is 0 Å². The van der Waals surface area contributed by atoms with Crippen molar-refractivity contribution in [2.75, 3.05) is 13.1 Å². The summed E-state index contributed by atoms with van der Waals surface area (Å²) in [5.41, 5.74) is -1.06. The molecule has 0 aromatic carbocycles. The summed E-state index contributed by atoms with van der Waals surface area (Å²) in [6, 6.07) is 0. The number of terminal acetylenes is 1. The summed E-state index contributed by atoms with van der Waals surface area (Å²) in [5, 5.41) is 8.97. The minimum atomic E-state index is -1.06. The topological polar surface area (TPSA) is 57.6 Å². The van der Waals surface area contributed by atoms with E-state index in [1.807, 2.05) is 0 Å². The van der Waals surface area contributed by atoms with Gasteiger partial charge in [0.05, 0.1) is 0 Å². The van der Waals surface area contributed by atoms with Crippen molar-refractivity contribution in [2.24, 2.45) is 5.41 Å². The van der Waals surface area contributed by atoms with Crippen LogP contribution in [0.5, 0.6) is 0 Å². The Labute approximate surface area is 82.9 Å². The van der Waals surface area contributed by atoms with Gasteiger partial charge < -0.3 is 10.0 Å². The minimum Gasteiger partial charge on any atom is -0.480 e. The Morgan fingerprint density at radius 2 is 1.93 bits per heavy atom. The molecule has 0 radical (unpaired) electrons. The van der Waals surface area contributed by atoms with E-state index in [2.05, 4.69) is 5.92 Å². The molecule has 1 heterocycles. The van der Waals surface area contributed by atoms with Crippen LogP contribution < -0.4 is 0 Å². The number of rotatable bonds is 1. The summed E-state index contributed by atoms with van der Waals surface area (Å²) in [7, 11) is 0. The van der Waals surface area contributed by atoms with Gasteiger partial charge in [-0.15, -0.1) is 6.42 Å². The SMILES string of the molecule is C#CC1(C(=O)O)CCN(C(C)=O)CC1. The second-order valence-electron chi connectivity index (χ2n) is 3.54. The molecule has 1 aliphatic heterocycles. The first-order chi connectivity index (χ1) is 6.52. The fourth-order valence-corrected chi connectivity index (χ4v) is 1.62. The van der Waals surface area contributed by atoms with E-state index in [0.29, 0.717) is 25.9 Å². The zero-order valence-corrected chi connectivity index (χ0v) is 8.12. The van der Waals surface area contributed by atoms with E-state index in [0.717, 1.165) is 0 Å². The third-order valence-corrected chi connectivity index (χ3v) is 2.75. The van der Waals surface area contributed by atoms with Gasteiger partial charge in [-0.05, 0) is 12.8 Å². The van der Waals surface area contributed by atoms with Gasteiger partial charge in [0, 0.05) is 20.0 Å². The first-order valence-corrected chi connectivity index (χ1v) is 4.48. The maximum Gasteiger partial charge on any atom is 0.321 e. The van der Waals surface area contributed by atoms with Crippen LogP contribution in [0.2, 0.25) is 0 Å². The number of carboxylic acid groups (broad SMARTS) is 1. The first-order valence-electron chi connectivity index (χ1n) is 4.48. The van der Waals surface area contributed by atoms with Crippen molar-refractivity contribution in [1.82, 2.24) is 4.90 Å². The predicted molar refractivity (Wildman–Crippen MR) is 50.4 cm³/mol. The van der Waals surface area contributed by atoms with Crippen LogP contribution in [-0.4, -0.2) is 35.0 Å². The zero-order valence-electron chi connectivity index (χ0n) is 8.12. The van der Waals surface area contributed by atoms with Gasteiger partial charge >= 0.3 is 5.97 Å². The highest BCUT2D eigenvalue weighted by atomic mass is 16.4. The Morgan fingerprint density at radius 1 is 1.43 bits per heavy atom. The van der Waals surface area contributed by atoms with Crippen LogP contribution in [0.1, 0.15) is 19.8 Å². The number of piperidine rings is 1. The Hall–Kier alpha value is -1.50. The Kier molecular flexibility index (Phi) is 2.80. The molecule has 1 rings (SSSR count).